The molecule has 2 aromatic carbocycles. The van der Waals surface area contributed by atoms with E-state index >= 15 is 0 Å². The van der Waals surface area contributed by atoms with Crippen molar-refractivity contribution in [3.63, 3.8) is 0 Å². The Labute approximate surface area is 126 Å². The molecule has 0 saturated heterocycles. The number of hydrogen-bond acceptors (Lipinski definition) is 2. The molecule has 4 heteroatoms. The predicted octanol–water partition coefficient (Wildman–Crippen LogP) is 5.00. The van der Waals surface area contributed by atoms with Gasteiger partial charge in [-0.1, -0.05) is 35.9 Å². The first-order valence-corrected chi connectivity index (χ1v) is 7.55. The third kappa shape index (κ3) is 2.33. The summed E-state index contributed by atoms with van der Waals surface area (Å²) in [7, 11) is 1.89. The summed E-state index contributed by atoms with van der Waals surface area (Å²) >= 11 is 7.91. The molecular weight excluding hydrogens is 293 g/mol. The molecule has 0 spiro atoms. The first-order valence-electron chi connectivity index (χ1n) is 6.29. The Morgan fingerprint density at radius 3 is 2.75 bits per heavy atom. The molecule has 0 aliphatic carbocycles. The lowest BCUT2D eigenvalue weighted by atomic mass is 9.98. The van der Waals surface area contributed by atoms with Crippen molar-refractivity contribution >= 4 is 33.0 Å². The molecular formula is C16H13ClFNS. The Hall–Kier alpha value is -1.42. The number of rotatable bonds is 3. The molecule has 3 rings (SSSR count). The molecule has 0 aliphatic rings. The van der Waals surface area contributed by atoms with Crippen molar-refractivity contribution in [3.8, 4) is 0 Å². The van der Waals surface area contributed by atoms with Crippen LogP contribution in [-0.2, 0) is 0 Å². The Balaban J connectivity index is 2.16. The summed E-state index contributed by atoms with van der Waals surface area (Å²) in [5.41, 5.74) is 2.05. The minimum atomic E-state index is -0.317. The molecule has 3 aromatic rings. The van der Waals surface area contributed by atoms with Crippen molar-refractivity contribution in [2.24, 2.45) is 0 Å². The van der Waals surface area contributed by atoms with Crippen LogP contribution in [-0.4, -0.2) is 7.05 Å². The highest BCUT2D eigenvalue weighted by molar-refractivity contribution is 7.17. The van der Waals surface area contributed by atoms with Gasteiger partial charge in [0.05, 0.1) is 6.04 Å². The van der Waals surface area contributed by atoms with Gasteiger partial charge in [0.25, 0.3) is 0 Å². The van der Waals surface area contributed by atoms with Crippen molar-refractivity contribution in [1.82, 2.24) is 5.32 Å². The van der Waals surface area contributed by atoms with Gasteiger partial charge in [-0.05, 0) is 47.1 Å². The topological polar surface area (TPSA) is 12.0 Å². The van der Waals surface area contributed by atoms with Crippen LogP contribution in [0.1, 0.15) is 17.2 Å². The molecule has 1 atom stereocenters. The Morgan fingerprint density at radius 2 is 2.00 bits per heavy atom. The molecule has 1 nitrogen and oxygen atoms in total. The van der Waals surface area contributed by atoms with E-state index in [1.54, 1.807) is 17.4 Å². The van der Waals surface area contributed by atoms with Crippen molar-refractivity contribution in [2.45, 2.75) is 6.04 Å². The molecule has 1 aromatic heterocycles. The van der Waals surface area contributed by atoms with Gasteiger partial charge in [0.15, 0.2) is 0 Å². The van der Waals surface area contributed by atoms with Gasteiger partial charge < -0.3 is 5.32 Å². The van der Waals surface area contributed by atoms with Crippen molar-refractivity contribution in [2.75, 3.05) is 7.05 Å². The highest BCUT2D eigenvalue weighted by Gasteiger charge is 2.18. The number of thiophene rings is 1. The van der Waals surface area contributed by atoms with E-state index in [2.05, 4.69) is 28.9 Å². The lowest BCUT2D eigenvalue weighted by Gasteiger charge is -2.19. The van der Waals surface area contributed by atoms with Crippen molar-refractivity contribution in [1.29, 1.82) is 0 Å². The fourth-order valence-electron chi connectivity index (χ4n) is 2.46. The Morgan fingerprint density at radius 1 is 1.15 bits per heavy atom. The van der Waals surface area contributed by atoms with E-state index < -0.39 is 0 Å². The third-order valence-corrected chi connectivity index (χ3v) is 4.69. The van der Waals surface area contributed by atoms with Gasteiger partial charge in [-0.25, -0.2) is 4.39 Å². The summed E-state index contributed by atoms with van der Waals surface area (Å²) < 4.78 is 14.4. The molecule has 102 valence electrons. The number of benzene rings is 2. The molecule has 0 saturated carbocycles. The lowest BCUT2D eigenvalue weighted by molar-refractivity contribution is 0.624. The largest absolute Gasteiger partial charge is 0.309 e. The van der Waals surface area contributed by atoms with Gasteiger partial charge in [0.2, 0.25) is 0 Å². The van der Waals surface area contributed by atoms with Gasteiger partial charge in [0, 0.05) is 9.72 Å². The van der Waals surface area contributed by atoms with Gasteiger partial charge in [-0.2, -0.15) is 0 Å². The minimum Gasteiger partial charge on any atom is -0.309 e. The second-order valence-corrected chi connectivity index (χ2v) is 5.90. The summed E-state index contributed by atoms with van der Waals surface area (Å²) in [6.45, 7) is 0. The maximum absolute atomic E-state index is 13.2. The minimum absolute atomic E-state index is 0.0505. The SMILES string of the molecule is CNC(c1ccc(F)cc1Cl)c1cccc2ccsc12. The van der Waals surface area contributed by atoms with E-state index in [4.69, 9.17) is 11.6 Å². The summed E-state index contributed by atoms with van der Waals surface area (Å²) in [5.74, 6) is -0.317. The molecule has 1 N–H and O–H groups in total. The van der Waals surface area contributed by atoms with Crippen molar-refractivity contribution in [3.05, 3.63) is 69.8 Å². The second kappa shape index (κ2) is 5.52. The average molecular weight is 306 g/mol. The smallest absolute Gasteiger partial charge is 0.124 e. The standard InChI is InChI=1S/C16H13ClFNS/c1-19-15(12-6-5-11(18)9-14(12)17)13-4-2-3-10-7-8-20-16(10)13/h2-9,15,19H,1H3. The molecule has 20 heavy (non-hydrogen) atoms. The number of nitrogens with one attached hydrogen (secondary N) is 1. The van der Waals surface area contributed by atoms with E-state index in [0.717, 1.165) is 11.1 Å². The summed E-state index contributed by atoms with van der Waals surface area (Å²) in [6.07, 6.45) is 0. The maximum atomic E-state index is 13.2. The summed E-state index contributed by atoms with van der Waals surface area (Å²) in [6, 6.07) is 12.8. The van der Waals surface area contributed by atoms with E-state index in [1.165, 1.54) is 22.2 Å². The monoisotopic (exact) mass is 305 g/mol. The van der Waals surface area contributed by atoms with Crippen LogP contribution in [0, 0.1) is 5.82 Å². The molecule has 0 aliphatic heterocycles. The lowest BCUT2D eigenvalue weighted by Crippen LogP contribution is -2.18. The molecule has 0 fully saturated rings. The van der Waals surface area contributed by atoms with Crippen LogP contribution < -0.4 is 5.32 Å². The molecule has 0 bridgehead atoms. The Bertz CT molecular complexity index is 753. The van der Waals surface area contributed by atoms with Crippen LogP contribution in [0.5, 0.6) is 0 Å². The first-order chi connectivity index (χ1) is 9.70. The zero-order valence-electron chi connectivity index (χ0n) is 10.9. The van der Waals surface area contributed by atoms with Gasteiger partial charge in [-0.3, -0.25) is 0 Å². The number of fused-ring (bicyclic) bond motifs is 1. The normalized spacial score (nSPS) is 12.8. The number of hydrogen-bond donors (Lipinski definition) is 1. The van der Waals surface area contributed by atoms with Crippen LogP contribution in [0.4, 0.5) is 4.39 Å². The van der Waals surface area contributed by atoms with Crippen LogP contribution in [0.2, 0.25) is 5.02 Å². The first kappa shape index (κ1) is 13.6. The molecule has 1 unspecified atom stereocenters. The quantitative estimate of drug-likeness (QED) is 0.718. The fourth-order valence-corrected chi connectivity index (χ4v) is 3.68. The van der Waals surface area contributed by atoms with Crippen LogP contribution in [0.15, 0.2) is 47.8 Å². The van der Waals surface area contributed by atoms with E-state index in [9.17, 15) is 4.39 Å². The van der Waals surface area contributed by atoms with Gasteiger partial charge >= 0.3 is 0 Å². The highest BCUT2D eigenvalue weighted by Crippen LogP contribution is 2.34. The van der Waals surface area contributed by atoms with Crippen LogP contribution >= 0.6 is 22.9 Å². The van der Waals surface area contributed by atoms with Gasteiger partial charge in [0.1, 0.15) is 5.82 Å². The fraction of sp³-hybridized carbons (Fsp3) is 0.125. The predicted molar refractivity (Wildman–Crippen MR) is 84.1 cm³/mol. The van der Waals surface area contributed by atoms with E-state index in [1.807, 2.05) is 13.1 Å². The number of halogens is 2. The average Bonchev–Trinajstić information content (AvgIpc) is 2.91. The van der Waals surface area contributed by atoms with E-state index in [0.29, 0.717) is 5.02 Å². The van der Waals surface area contributed by atoms with Gasteiger partial charge in [-0.15, -0.1) is 11.3 Å². The Kier molecular flexibility index (Phi) is 3.74. The second-order valence-electron chi connectivity index (χ2n) is 4.57. The van der Waals surface area contributed by atoms with Crippen LogP contribution in [0.3, 0.4) is 0 Å². The van der Waals surface area contributed by atoms with E-state index in [-0.39, 0.29) is 11.9 Å². The zero-order chi connectivity index (χ0) is 14.1. The zero-order valence-corrected chi connectivity index (χ0v) is 12.4. The van der Waals surface area contributed by atoms with Crippen molar-refractivity contribution < 1.29 is 4.39 Å². The molecule has 1 heterocycles. The summed E-state index contributed by atoms with van der Waals surface area (Å²) in [5, 5.41) is 7.01. The highest BCUT2D eigenvalue weighted by atomic mass is 35.5. The molecule has 0 amide bonds. The summed E-state index contributed by atoms with van der Waals surface area (Å²) in [4.78, 5) is 0. The maximum Gasteiger partial charge on any atom is 0.124 e. The van der Waals surface area contributed by atoms with Crippen LogP contribution in [0.25, 0.3) is 10.1 Å². The molecule has 0 radical (unpaired) electrons. The third-order valence-electron chi connectivity index (χ3n) is 3.38.